The van der Waals surface area contributed by atoms with Gasteiger partial charge in [0.15, 0.2) is 8.32 Å². The predicted octanol–water partition coefficient (Wildman–Crippen LogP) is 5.16. The molecule has 29 heavy (non-hydrogen) atoms. The maximum Gasteiger partial charge on any atom is 0.412 e. The molecule has 1 N–H and O–H groups in total. The summed E-state index contributed by atoms with van der Waals surface area (Å²) in [4.78, 5) is 14.6. The van der Waals surface area contributed by atoms with Crippen molar-refractivity contribution in [1.29, 1.82) is 0 Å². The monoisotopic (exact) mass is 431 g/mol. The Kier molecular flexibility index (Phi) is 8.80. The third kappa shape index (κ3) is 7.85. The summed E-state index contributed by atoms with van der Waals surface area (Å²) in [6, 6.07) is -0.0634. The molecule has 0 saturated carbocycles. The molecule has 1 aliphatic heterocycles. The van der Waals surface area contributed by atoms with E-state index >= 15 is 0 Å². The topological polar surface area (TPSA) is 68.2 Å². The number of amides is 1. The molecule has 2 atom stereocenters. The van der Waals surface area contributed by atoms with Gasteiger partial charge in [0.25, 0.3) is 0 Å². The fraction of sp³-hybridized carbons (Fsp3) is 0.955. The van der Waals surface area contributed by atoms with Crippen LogP contribution in [0.2, 0.25) is 18.1 Å². The second-order valence-electron chi connectivity index (χ2n) is 11.3. The molecule has 0 aromatic carbocycles. The number of nitrogens with zero attached hydrogens (tertiary/aromatic N) is 1. The van der Waals surface area contributed by atoms with Crippen LogP contribution in [0.4, 0.5) is 4.79 Å². The largest absolute Gasteiger partial charge is 0.444 e. The standard InChI is InChI=1S/C22H45NO5Si/c1-20(2,3)28-19(25)23-18(16-26-22(23,7)8)14-17(12-11-13-24)15-27-29(9,10)21(4,5)6/h17-18,24H,11-16H2,1-10H3/t17-,18+/m1/s1. The Hall–Kier alpha value is -0.633. The smallest absolute Gasteiger partial charge is 0.412 e. The fourth-order valence-electron chi connectivity index (χ4n) is 3.31. The minimum Gasteiger partial charge on any atom is -0.444 e. The van der Waals surface area contributed by atoms with Gasteiger partial charge in [-0.3, -0.25) is 4.90 Å². The SMILES string of the molecule is CC(C)(C)OC(=O)N1[C@@H](C[C@@H](CCCO)CO[Si](C)(C)C(C)(C)C)COC1(C)C. The second-order valence-corrected chi connectivity index (χ2v) is 16.1. The van der Waals surface area contributed by atoms with Crippen LogP contribution in [0.5, 0.6) is 0 Å². The van der Waals surface area contributed by atoms with Gasteiger partial charge in [0.05, 0.1) is 12.6 Å². The molecule has 0 radical (unpaired) electrons. The van der Waals surface area contributed by atoms with Crippen molar-refractivity contribution in [3.8, 4) is 0 Å². The van der Waals surface area contributed by atoms with Gasteiger partial charge in [-0.05, 0) is 77.9 Å². The quantitative estimate of drug-likeness (QED) is 0.538. The van der Waals surface area contributed by atoms with Crippen molar-refractivity contribution in [2.24, 2.45) is 5.92 Å². The van der Waals surface area contributed by atoms with Crippen molar-refractivity contribution in [3.63, 3.8) is 0 Å². The molecule has 0 aromatic heterocycles. The predicted molar refractivity (Wildman–Crippen MR) is 119 cm³/mol. The van der Waals surface area contributed by atoms with E-state index in [1.54, 1.807) is 4.90 Å². The molecule has 1 amide bonds. The minimum atomic E-state index is -1.86. The zero-order chi connectivity index (χ0) is 22.7. The van der Waals surface area contributed by atoms with Crippen LogP contribution in [-0.4, -0.2) is 61.6 Å². The van der Waals surface area contributed by atoms with Crippen molar-refractivity contribution in [2.75, 3.05) is 19.8 Å². The minimum absolute atomic E-state index is 0.0634. The number of hydrogen-bond donors (Lipinski definition) is 1. The van der Waals surface area contributed by atoms with E-state index in [1.807, 2.05) is 34.6 Å². The van der Waals surface area contributed by atoms with Crippen molar-refractivity contribution < 1.29 is 23.8 Å². The maximum atomic E-state index is 12.9. The number of aliphatic hydroxyl groups is 1. The molecular formula is C22H45NO5Si. The van der Waals surface area contributed by atoms with E-state index in [-0.39, 0.29) is 29.7 Å². The van der Waals surface area contributed by atoms with E-state index < -0.39 is 19.6 Å². The van der Waals surface area contributed by atoms with Gasteiger partial charge in [-0.2, -0.15) is 0 Å². The van der Waals surface area contributed by atoms with Crippen LogP contribution in [-0.2, 0) is 13.9 Å². The van der Waals surface area contributed by atoms with Crippen molar-refractivity contribution in [1.82, 2.24) is 4.90 Å². The van der Waals surface area contributed by atoms with Crippen LogP contribution in [0.1, 0.15) is 74.7 Å². The first kappa shape index (κ1) is 26.4. The lowest BCUT2D eigenvalue weighted by molar-refractivity contribution is -0.0633. The Morgan fingerprint density at radius 3 is 2.31 bits per heavy atom. The maximum absolute atomic E-state index is 12.9. The number of aliphatic hydroxyl groups excluding tert-OH is 1. The Morgan fingerprint density at radius 2 is 1.83 bits per heavy atom. The molecule has 1 aliphatic rings. The summed E-state index contributed by atoms with van der Waals surface area (Å²) in [5.41, 5.74) is -1.25. The normalized spacial score (nSPS) is 21.3. The lowest BCUT2D eigenvalue weighted by Crippen LogP contribution is -2.50. The molecular weight excluding hydrogens is 386 g/mol. The van der Waals surface area contributed by atoms with E-state index in [2.05, 4.69) is 33.9 Å². The Balaban J connectivity index is 2.91. The van der Waals surface area contributed by atoms with E-state index in [4.69, 9.17) is 13.9 Å². The number of rotatable bonds is 8. The third-order valence-corrected chi connectivity index (χ3v) is 10.5. The van der Waals surface area contributed by atoms with Crippen molar-refractivity contribution >= 4 is 14.4 Å². The van der Waals surface area contributed by atoms with Crippen molar-refractivity contribution in [3.05, 3.63) is 0 Å². The van der Waals surface area contributed by atoms with Gasteiger partial charge >= 0.3 is 6.09 Å². The highest BCUT2D eigenvalue weighted by molar-refractivity contribution is 6.74. The van der Waals surface area contributed by atoms with Crippen LogP contribution >= 0.6 is 0 Å². The lowest BCUT2D eigenvalue weighted by Gasteiger charge is -2.38. The van der Waals surface area contributed by atoms with Crippen molar-refractivity contribution in [2.45, 2.75) is 110 Å². The molecule has 0 bridgehead atoms. The zero-order valence-electron chi connectivity index (χ0n) is 20.4. The molecule has 0 unspecified atom stereocenters. The number of carbonyl (C=O) groups excluding carboxylic acids is 1. The molecule has 1 rings (SSSR count). The van der Waals surface area contributed by atoms with Crippen LogP contribution in [0.15, 0.2) is 0 Å². The van der Waals surface area contributed by atoms with E-state index in [9.17, 15) is 9.90 Å². The molecule has 172 valence electrons. The first-order valence-corrected chi connectivity index (χ1v) is 13.8. The second kappa shape index (κ2) is 9.67. The Morgan fingerprint density at radius 1 is 1.24 bits per heavy atom. The van der Waals surface area contributed by atoms with Gasteiger partial charge < -0.3 is 19.0 Å². The molecule has 0 spiro atoms. The molecule has 1 heterocycles. The lowest BCUT2D eigenvalue weighted by atomic mass is 9.95. The summed E-state index contributed by atoms with van der Waals surface area (Å²) < 4.78 is 18.1. The summed E-state index contributed by atoms with van der Waals surface area (Å²) in [6.45, 7) is 22.0. The highest BCUT2D eigenvalue weighted by Gasteiger charge is 2.46. The average molecular weight is 432 g/mol. The summed E-state index contributed by atoms with van der Waals surface area (Å²) in [6.07, 6.45) is 2.03. The molecule has 1 saturated heterocycles. The highest BCUT2D eigenvalue weighted by Crippen LogP contribution is 2.38. The highest BCUT2D eigenvalue weighted by atomic mass is 28.4. The van der Waals surface area contributed by atoms with Gasteiger partial charge in [-0.25, -0.2) is 4.79 Å². The van der Waals surface area contributed by atoms with Crippen LogP contribution in [0.3, 0.4) is 0 Å². The van der Waals surface area contributed by atoms with Crippen LogP contribution in [0.25, 0.3) is 0 Å². The summed E-state index contributed by atoms with van der Waals surface area (Å²) in [7, 11) is -1.86. The number of carbonyl (C=O) groups is 1. The number of ether oxygens (including phenoxy) is 2. The van der Waals surface area contributed by atoms with E-state index in [0.29, 0.717) is 13.2 Å². The first-order valence-electron chi connectivity index (χ1n) is 10.9. The van der Waals surface area contributed by atoms with Gasteiger partial charge in [0.1, 0.15) is 11.3 Å². The van der Waals surface area contributed by atoms with Gasteiger partial charge in [0, 0.05) is 13.2 Å². The first-order chi connectivity index (χ1) is 13.0. The van der Waals surface area contributed by atoms with E-state index in [1.165, 1.54) is 0 Å². The third-order valence-electron chi connectivity index (χ3n) is 6.03. The van der Waals surface area contributed by atoms with Gasteiger partial charge in [0.2, 0.25) is 0 Å². The zero-order valence-corrected chi connectivity index (χ0v) is 21.4. The molecule has 1 fully saturated rings. The average Bonchev–Trinajstić information content (AvgIpc) is 2.81. The molecule has 0 aliphatic carbocycles. The Labute approximate surface area is 179 Å². The van der Waals surface area contributed by atoms with Gasteiger partial charge in [-0.15, -0.1) is 0 Å². The number of hydrogen-bond acceptors (Lipinski definition) is 5. The summed E-state index contributed by atoms with van der Waals surface area (Å²) >= 11 is 0. The fourth-order valence-corrected chi connectivity index (χ4v) is 4.40. The van der Waals surface area contributed by atoms with Gasteiger partial charge in [-0.1, -0.05) is 20.8 Å². The summed E-state index contributed by atoms with van der Waals surface area (Å²) in [5, 5.41) is 9.49. The van der Waals surface area contributed by atoms with Crippen LogP contribution < -0.4 is 0 Å². The Bertz CT molecular complexity index is 536. The molecule has 7 heteroatoms. The molecule has 0 aromatic rings. The van der Waals surface area contributed by atoms with E-state index in [0.717, 1.165) is 19.3 Å². The summed E-state index contributed by atoms with van der Waals surface area (Å²) in [5.74, 6) is 0.253. The van der Waals surface area contributed by atoms with Crippen LogP contribution in [0, 0.1) is 5.92 Å². The molecule has 6 nitrogen and oxygen atoms in total.